The Bertz CT molecular complexity index is 732. The maximum absolute atomic E-state index is 2.31. The smallest absolute Gasteiger partial charge is 0.0619 e. The van der Waals surface area contributed by atoms with Gasteiger partial charge in [0.05, 0.1) is 10.9 Å². The van der Waals surface area contributed by atoms with E-state index in [0.717, 1.165) is 0 Å². The van der Waals surface area contributed by atoms with E-state index >= 15 is 0 Å². The molecular formula is C24H27S+. The molecule has 0 aliphatic heterocycles. The van der Waals surface area contributed by atoms with E-state index in [9.17, 15) is 0 Å². The van der Waals surface area contributed by atoms with Crippen molar-refractivity contribution in [1.82, 2.24) is 0 Å². The normalized spacial score (nSPS) is 11.5. The van der Waals surface area contributed by atoms with Crippen LogP contribution < -0.4 is 0 Å². The monoisotopic (exact) mass is 347 g/mol. The molecule has 1 heteroatoms. The van der Waals surface area contributed by atoms with Crippen LogP contribution in [0.15, 0.2) is 93.5 Å². The number of hydrogen-bond donors (Lipinski definition) is 0. The first kappa shape index (κ1) is 17.8. The lowest BCUT2D eigenvalue weighted by Gasteiger charge is -2.11. The standard InChI is InChI=1S/C24H27S/c1-18(2)20-10-14-23(15-11-20)25(22-8-6-5-7-9-22)24-16-12-21(13-17-24)19(3)4/h5-19H,1-4H3/q+1. The van der Waals surface area contributed by atoms with Crippen LogP contribution in [0.3, 0.4) is 0 Å². The van der Waals surface area contributed by atoms with Gasteiger partial charge in [-0.3, -0.25) is 0 Å². The van der Waals surface area contributed by atoms with Gasteiger partial charge in [-0.1, -0.05) is 70.2 Å². The largest absolute Gasteiger partial charge is 0.166 e. The molecule has 0 nitrogen and oxygen atoms in total. The van der Waals surface area contributed by atoms with Crippen LogP contribution in [-0.4, -0.2) is 0 Å². The fraction of sp³-hybridized carbons (Fsp3) is 0.250. The molecule has 3 aromatic carbocycles. The molecule has 0 heterocycles. The topological polar surface area (TPSA) is 0 Å². The maximum atomic E-state index is 2.31. The van der Waals surface area contributed by atoms with Gasteiger partial charge in [-0.05, 0) is 59.4 Å². The van der Waals surface area contributed by atoms with E-state index in [4.69, 9.17) is 0 Å². The third kappa shape index (κ3) is 4.16. The van der Waals surface area contributed by atoms with Crippen molar-refractivity contribution in [2.45, 2.75) is 54.2 Å². The van der Waals surface area contributed by atoms with Crippen molar-refractivity contribution in [2.24, 2.45) is 0 Å². The van der Waals surface area contributed by atoms with Gasteiger partial charge in [-0.2, -0.15) is 0 Å². The van der Waals surface area contributed by atoms with E-state index in [0.29, 0.717) is 11.8 Å². The van der Waals surface area contributed by atoms with Crippen LogP contribution in [0.5, 0.6) is 0 Å². The van der Waals surface area contributed by atoms with Gasteiger partial charge in [0.25, 0.3) is 0 Å². The minimum absolute atomic E-state index is 0.0576. The first-order valence-electron chi connectivity index (χ1n) is 9.05. The van der Waals surface area contributed by atoms with Gasteiger partial charge in [-0.15, -0.1) is 0 Å². The Morgan fingerprint density at radius 3 is 1.20 bits per heavy atom. The van der Waals surface area contributed by atoms with Gasteiger partial charge in [0.1, 0.15) is 0 Å². The first-order chi connectivity index (χ1) is 12.1. The molecule has 0 aliphatic rings. The van der Waals surface area contributed by atoms with E-state index in [1.807, 2.05) is 0 Å². The minimum Gasteiger partial charge on any atom is -0.0619 e. The molecule has 0 amide bonds. The summed E-state index contributed by atoms with van der Waals surface area (Å²) in [5.74, 6) is 1.13. The van der Waals surface area contributed by atoms with Gasteiger partial charge < -0.3 is 0 Å². The molecule has 0 aromatic heterocycles. The van der Waals surface area contributed by atoms with Crippen molar-refractivity contribution in [3.8, 4) is 0 Å². The molecule has 25 heavy (non-hydrogen) atoms. The fourth-order valence-electron chi connectivity index (χ4n) is 2.94. The highest BCUT2D eigenvalue weighted by Crippen LogP contribution is 2.32. The predicted octanol–water partition coefficient (Wildman–Crippen LogP) is 7.03. The summed E-state index contributed by atoms with van der Waals surface area (Å²) in [6.45, 7) is 8.99. The Balaban J connectivity index is 2.04. The third-order valence-electron chi connectivity index (χ3n) is 4.54. The van der Waals surface area contributed by atoms with Crippen LogP contribution in [-0.2, 0) is 10.9 Å². The van der Waals surface area contributed by atoms with E-state index in [1.165, 1.54) is 25.8 Å². The molecule has 0 bridgehead atoms. The Hall–Kier alpha value is -1.99. The predicted molar refractivity (Wildman–Crippen MR) is 110 cm³/mol. The van der Waals surface area contributed by atoms with E-state index < -0.39 is 0 Å². The minimum atomic E-state index is -0.0576. The van der Waals surface area contributed by atoms with Crippen LogP contribution in [0, 0.1) is 0 Å². The summed E-state index contributed by atoms with van der Waals surface area (Å²) < 4.78 is 0. The molecule has 3 aromatic rings. The average molecular weight is 348 g/mol. The lowest BCUT2D eigenvalue weighted by Crippen LogP contribution is -2.05. The van der Waals surface area contributed by atoms with Gasteiger partial charge >= 0.3 is 0 Å². The molecule has 128 valence electrons. The quantitative estimate of drug-likeness (QED) is 0.435. The van der Waals surface area contributed by atoms with E-state index in [-0.39, 0.29) is 10.9 Å². The zero-order valence-corrected chi connectivity index (χ0v) is 16.4. The SMILES string of the molecule is CC(C)c1ccc([S+](c2ccccc2)c2ccc(C(C)C)cc2)cc1. The summed E-state index contributed by atoms with van der Waals surface area (Å²) >= 11 is 0. The molecule has 0 N–H and O–H groups in total. The van der Waals surface area contributed by atoms with Crippen LogP contribution in [0.1, 0.15) is 50.7 Å². The Labute approximate surface area is 155 Å². The zero-order valence-electron chi connectivity index (χ0n) is 15.6. The summed E-state index contributed by atoms with van der Waals surface area (Å²) in [7, 11) is -0.0576. The van der Waals surface area contributed by atoms with Crippen molar-refractivity contribution in [3.63, 3.8) is 0 Å². The average Bonchev–Trinajstić information content (AvgIpc) is 2.64. The molecular weight excluding hydrogens is 320 g/mol. The Kier molecular flexibility index (Phi) is 5.65. The van der Waals surface area contributed by atoms with Crippen molar-refractivity contribution < 1.29 is 0 Å². The van der Waals surface area contributed by atoms with Crippen molar-refractivity contribution in [1.29, 1.82) is 0 Å². The lowest BCUT2D eigenvalue weighted by molar-refractivity contribution is 0.864. The highest BCUT2D eigenvalue weighted by atomic mass is 32.2. The maximum Gasteiger partial charge on any atom is 0.166 e. The highest BCUT2D eigenvalue weighted by Gasteiger charge is 2.28. The molecule has 0 spiro atoms. The third-order valence-corrected chi connectivity index (χ3v) is 6.77. The van der Waals surface area contributed by atoms with Gasteiger partial charge in [-0.25, -0.2) is 0 Å². The number of benzene rings is 3. The summed E-state index contributed by atoms with van der Waals surface area (Å²) in [6, 6.07) is 29.2. The van der Waals surface area contributed by atoms with Crippen LogP contribution in [0.2, 0.25) is 0 Å². The van der Waals surface area contributed by atoms with Crippen LogP contribution in [0.4, 0.5) is 0 Å². The van der Waals surface area contributed by atoms with Crippen LogP contribution >= 0.6 is 0 Å². The molecule has 0 fully saturated rings. The first-order valence-corrected chi connectivity index (χ1v) is 10.3. The number of rotatable bonds is 5. The molecule has 0 saturated carbocycles. The van der Waals surface area contributed by atoms with E-state index in [1.54, 1.807) is 0 Å². The molecule has 0 radical (unpaired) electrons. The second kappa shape index (κ2) is 7.93. The zero-order chi connectivity index (χ0) is 17.8. The van der Waals surface area contributed by atoms with Crippen molar-refractivity contribution in [3.05, 3.63) is 90.0 Å². The molecule has 0 saturated heterocycles. The summed E-state index contributed by atoms with van der Waals surface area (Å²) in [5, 5.41) is 0. The Morgan fingerprint density at radius 2 is 0.840 bits per heavy atom. The Morgan fingerprint density at radius 1 is 0.480 bits per heavy atom. The second-order valence-corrected chi connectivity index (χ2v) is 9.09. The summed E-state index contributed by atoms with van der Waals surface area (Å²) in [4.78, 5) is 4.14. The molecule has 0 unspecified atom stereocenters. The van der Waals surface area contributed by atoms with Gasteiger partial charge in [0, 0.05) is 0 Å². The van der Waals surface area contributed by atoms with E-state index in [2.05, 4.69) is 107 Å². The van der Waals surface area contributed by atoms with Gasteiger partial charge in [0.2, 0.25) is 0 Å². The number of hydrogen-bond acceptors (Lipinski definition) is 0. The molecule has 3 rings (SSSR count). The van der Waals surface area contributed by atoms with Crippen molar-refractivity contribution >= 4 is 10.9 Å². The molecule has 0 atom stereocenters. The lowest BCUT2D eigenvalue weighted by atomic mass is 10.0. The highest BCUT2D eigenvalue weighted by molar-refractivity contribution is 7.97. The summed E-state index contributed by atoms with van der Waals surface area (Å²) in [6.07, 6.45) is 0. The summed E-state index contributed by atoms with van der Waals surface area (Å²) in [5.41, 5.74) is 2.80. The second-order valence-electron chi connectivity index (χ2n) is 7.07. The van der Waals surface area contributed by atoms with Crippen molar-refractivity contribution in [2.75, 3.05) is 0 Å². The van der Waals surface area contributed by atoms with Crippen LogP contribution in [0.25, 0.3) is 0 Å². The molecule has 0 aliphatic carbocycles. The van der Waals surface area contributed by atoms with Gasteiger partial charge in [0.15, 0.2) is 14.7 Å². The fourth-order valence-corrected chi connectivity index (χ4v) is 5.00.